The van der Waals surface area contributed by atoms with Gasteiger partial charge < -0.3 is 10.6 Å². The molecule has 0 aromatic heterocycles. The van der Waals surface area contributed by atoms with Crippen molar-refractivity contribution in [3.63, 3.8) is 0 Å². The topological polar surface area (TPSA) is 43.2 Å². The number of nitrogens with one attached hydrogen (secondary N) is 1. The van der Waals surface area contributed by atoms with Gasteiger partial charge in [-0.15, -0.1) is 0 Å². The summed E-state index contributed by atoms with van der Waals surface area (Å²) in [5.74, 6) is 0. The summed E-state index contributed by atoms with van der Waals surface area (Å²) in [5.41, 5.74) is 0.158. The zero-order valence-corrected chi connectivity index (χ0v) is 13.3. The molecule has 4 heteroatoms. The number of urea groups is 1. The van der Waals surface area contributed by atoms with Crippen LogP contribution in [0.5, 0.6) is 0 Å². The second kappa shape index (κ2) is 5.08. The van der Waals surface area contributed by atoms with Gasteiger partial charge in [0.1, 0.15) is 0 Å². The first kappa shape index (κ1) is 13.1. The number of hydrogen-bond acceptors (Lipinski definition) is 1. The minimum absolute atomic E-state index is 0. The van der Waals surface area contributed by atoms with Crippen LogP contribution in [0.2, 0.25) is 0 Å². The number of rotatable bonds is 0. The molecule has 0 bridgehead atoms. The van der Waals surface area contributed by atoms with Crippen molar-refractivity contribution in [1.82, 2.24) is 5.32 Å². The average Bonchev–Trinajstić information content (AvgIpc) is 1.86. The first-order valence-corrected chi connectivity index (χ1v) is 3.98. The van der Waals surface area contributed by atoms with Gasteiger partial charge in [0.25, 0.3) is 0 Å². The van der Waals surface area contributed by atoms with Gasteiger partial charge >= 0.3 is 58.2 Å². The number of amides is 2. The van der Waals surface area contributed by atoms with Crippen LogP contribution < -0.4 is 63.5 Å². The first-order chi connectivity index (χ1) is 5.00. The maximum atomic E-state index is 10.8. The van der Waals surface area contributed by atoms with Crippen LogP contribution in [0.15, 0.2) is 0 Å². The normalized spacial score (nSPS) is 23.6. The van der Waals surface area contributed by atoms with Gasteiger partial charge in [-0.05, 0) is 18.0 Å². The maximum Gasteiger partial charge on any atom is 1.00 e. The predicted molar refractivity (Wildman–Crippen MR) is 44.6 cm³/mol. The molecule has 1 aliphatic heterocycles. The average molecular weight is 241 g/mol. The van der Waals surface area contributed by atoms with Crippen LogP contribution in [0.4, 0.5) is 4.79 Å². The van der Waals surface area contributed by atoms with Gasteiger partial charge in [-0.1, -0.05) is 27.2 Å². The van der Waals surface area contributed by atoms with Crippen molar-refractivity contribution in [2.24, 2.45) is 5.41 Å². The Balaban J connectivity index is 0.00000121. The molecule has 1 rings (SSSR count). The maximum absolute atomic E-state index is 10.8. The van der Waals surface area contributed by atoms with Crippen LogP contribution in [-0.4, -0.2) is 18.6 Å². The molecule has 1 heterocycles. The van der Waals surface area contributed by atoms with Crippen molar-refractivity contribution in [3.05, 3.63) is 5.32 Å². The van der Waals surface area contributed by atoms with Crippen molar-refractivity contribution in [2.45, 2.75) is 33.2 Å². The Bertz CT molecular complexity index is 165. The smallest absolute Gasteiger partial charge is 0.446 e. The van der Waals surface area contributed by atoms with Crippen LogP contribution in [-0.2, 0) is 0 Å². The predicted octanol–water partition coefficient (Wildman–Crippen LogP) is -1.11. The molecule has 1 atom stereocenters. The van der Waals surface area contributed by atoms with Crippen molar-refractivity contribution >= 4 is 6.03 Å². The zero-order valence-electron chi connectivity index (χ0n) is 8.35. The summed E-state index contributed by atoms with van der Waals surface area (Å²) >= 11 is 0. The molecule has 0 aliphatic carbocycles. The minimum Gasteiger partial charge on any atom is -0.446 e. The fourth-order valence-electron chi connectivity index (χ4n) is 1.21. The SMILES string of the molecule is CC(C)(C)C1CC[N-]C(=O)N1.[Rb+]. The Morgan fingerprint density at radius 3 is 2.42 bits per heavy atom. The van der Waals surface area contributed by atoms with Crippen LogP contribution >= 0.6 is 0 Å². The van der Waals surface area contributed by atoms with Crippen molar-refractivity contribution in [3.8, 4) is 0 Å². The van der Waals surface area contributed by atoms with E-state index >= 15 is 0 Å². The first-order valence-electron chi connectivity index (χ1n) is 3.98. The van der Waals surface area contributed by atoms with E-state index in [9.17, 15) is 4.79 Å². The second-order valence-corrected chi connectivity index (χ2v) is 4.04. The molecule has 64 valence electrons. The molecule has 1 unspecified atom stereocenters. The molecular weight excluding hydrogens is 226 g/mol. The molecule has 2 amide bonds. The van der Waals surface area contributed by atoms with E-state index in [4.69, 9.17) is 0 Å². The zero-order chi connectivity index (χ0) is 8.48. The quantitative estimate of drug-likeness (QED) is 0.574. The van der Waals surface area contributed by atoms with Crippen LogP contribution in [0, 0.1) is 5.41 Å². The van der Waals surface area contributed by atoms with Gasteiger partial charge in [-0.25, -0.2) is 0 Å². The van der Waals surface area contributed by atoms with E-state index in [1.54, 1.807) is 0 Å². The third-order valence-corrected chi connectivity index (χ3v) is 2.02. The summed E-state index contributed by atoms with van der Waals surface area (Å²) in [4.78, 5) is 10.8. The van der Waals surface area contributed by atoms with Gasteiger partial charge in [0.05, 0.1) is 0 Å². The van der Waals surface area contributed by atoms with E-state index in [1.807, 2.05) is 0 Å². The van der Waals surface area contributed by atoms with E-state index in [2.05, 4.69) is 31.4 Å². The largest absolute Gasteiger partial charge is 1.00 e. The number of carbonyl (C=O) groups excluding carboxylic acids is 1. The number of nitrogens with zero attached hydrogens (tertiary/aromatic N) is 1. The minimum atomic E-state index is -0.156. The van der Waals surface area contributed by atoms with E-state index in [-0.39, 0.29) is 75.7 Å². The summed E-state index contributed by atoms with van der Waals surface area (Å²) in [6.45, 7) is 7.06. The fraction of sp³-hybridized carbons (Fsp3) is 0.875. The molecule has 1 fully saturated rings. The molecule has 3 nitrogen and oxygen atoms in total. The van der Waals surface area contributed by atoms with Gasteiger partial charge in [-0.3, -0.25) is 4.79 Å². The molecular formula is C8H15N2ORb. The fourth-order valence-corrected chi connectivity index (χ4v) is 1.21. The summed E-state index contributed by atoms with van der Waals surface area (Å²) in [5, 5.41) is 6.59. The monoisotopic (exact) mass is 240 g/mol. The molecule has 0 spiro atoms. The molecule has 0 aromatic carbocycles. The Morgan fingerprint density at radius 1 is 1.50 bits per heavy atom. The van der Waals surface area contributed by atoms with Gasteiger partial charge in [0.15, 0.2) is 6.03 Å². The van der Waals surface area contributed by atoms with E-state index in [1.165, 1.54) is 0 Å². The summed E-state index contributed by atoms with van der Waals surface area (Å²) in [6.07, 6.45) is 0.968. The molecule has 0 radical (unpaired) electrons. The molecule has 0 aromatic rings. The Kier molecular flexibility index (Phi) is 5.54. The summed E-state index contributed by atoms with van der Waals surface area (Å²) < 4.78 is 0. The van der Waals surface area contributed by atoms with Crippen molar-refractivity contribution in [2.75, 3.05) is 6.54 Å². The third-order valence-electron chi connectivity index (χ3n) is 2.02. The van der Waals surface area contributed by atoms with Gasteiger partial charge in [0.2, 0.25) is 0 Å². The Hall–Kier alpha value is 1.08. The van der Waals surface area contributed by atoms with E-state index in [0.717, 1.165) is 6.42 Å². The van der Waals surface area contributed by atoms with E-state index in [0.29, 0.717) is 6.54 Å². The van der Waals surface area contributed by atoms with Crippen LogP contribution in [0.3, 0.4) is 0 Å². The van der Waals surface area contributed by atoms with Crippen molar-refractivity contribution < 1.29 is 63.0 Å². The van der Waals surface area contributed by atoms with Crippen LogP contribution in [0.1, 0.15) is 27.2 Å². The van der Waals surface area contributed by atoms with Crippen LogP contribution in [0.25, 0.3) is 5.32 Å². The third kappa shape index (κ3) is 3.86. The second-order valence-electron chi connectivity index (χ2n) is 4.04. The van der Waals surface area contributed by atoms with Gasteiger partial charge in [0, 0.05) is 0 Å². The summed E-state index contributed by atoms with van der Waals surface area (Å²) in [7, 11) is 0. The van der Waals surface area contributed by atoms with Gasteiger partial charge in [-0.2, -0.15) is 0 Å². The molecule has 1 aliphatic rings. The molecule has 12 heavy (non-hydrogen) atoms. The number of hydrogen-bond donors (Lipinski definition) is 1. The molecule has 1 saturated heterocycles. The summed E-state index contributed by atoms with van der Waals surface area (Å²) in [6, 6.07) is 0.128. The Labute approximate surface area is 123 Å². The van der Waals surface area contributed by atoms with Crippen molar-refractivity contribution in [1.29, 1.82) is 0 Å². The molecule has 1 N–H and O–H groups in total. The van der Waals surface area contributed by atoms with E-state index < -0.39 is 0 Å². The Morgan fingerprint density at radius 2 is 2.08 bits per heavy atom. The standard InChI is InChI=1S/C8H16N2O.Rb/c1-8(2,3)6-4-5-9-7(11)10-6;/h6H,4-5H2,1-3H3,(H2,9,10,11);/q;+1/p-1. The number of carbonyl (C=O) groups is 1. The molecule has 0 saturated carbocycles.